The highest BCUT2D eigenvalue weighted by Gasteiger charge is 2.31. The Bertz CT molecular complexity index is 1320. The normalized spacial score (nSPS) is 14.9. The van der Waals surface area contributed by atoms with E-state index in [0.717, 1.165) is 62.1 Å². The number of benzene rings is 3. The predicted molar refractivity (Wildman–Crippen MR) is 114 cm³/mol. The van der Waals surface area contributed by atoms with Crippen LogP contribution >= 0.6 is 0 Å². The van der Waals surface area contributed by atoms with Crippen molar-refractivity contribution in [3.63, 3.8) is 0 Å². The van der Waals surface area contributed by atoms with E-state index in [9.17, 15) is 13.2 Å². The minimum Gasteiger partial charge on any atom is -0.361 e. The molecular formula is C25H18F3N2+. The summed E-state index contributed by atoms with van der Waals surface area (Å²) in [6, 6.07) is 19.5. The summed E-state index contributed by atoms with van der Waals surface area (Å²) < 4.78 is 39.3. The summed E-state index contributed by atoms with van der Waals surface area (Å²) in [7, 11) is 0. The molecule has 0 fully saturated rings. The second-order valence-corrected chi connectivity index (χ2v) is 7.45. The van der Waals surface area contributed by atoms with Crippen molar-refractivity contribution in [2.45, 2.75) is 13.1 Å². The molecule has 0 unspecified atom stereocenters. The van der Waals surface area contributed by atoms with Crippen LogP contribution in [0.2, 0.25) is 0 Å². The first kappa shape index (κ1) is 18.4. The highest BCUT2D eigenvalue weighted by Crippen LogP contribution is 2.38. The number of aryl methyl sites for hydroxylation is 1. The van der Waals surface area contributed by atoms with E-state index in [1.165, 1.54) is 0 Å². The van der Waals surface area contributed by atoms with Gasteiger partial charge in [-0.25, -0.2) is 4.99 Å². The lowest BCUT2D eigenvalue weighted by Crippen LogP contribution is -2.58. The molecule has 2 heterocycles. The maximum absolute atomic E-state index is 13.1. The van der Waals surface area contributed by atoms with Crippen LogP contribution in [-0.2, 0) is 6.18 Å². The van der Waals surface area contributed by atoms with Crippen LogP contribution in [0.25, 0.3) is 22.0 Å². The molecular weight excluding hydrogens is 385 g/mol. The van der Waals surface area contributed by atoms with Crippen LogP contribution in [0.5, 0.6) is 0 Å². The average molecular weight is 403 g/mol. The first-order chi connectivity index (χ1) is 14.4. The molecule has 0 atom stereocenters. The van der Waals surface area contributed by atoms with Crippen LogP contribution in [0.4, 0.5) is 18.9 Å². The van der Waals surface area contributed by atoms with Crippen molar-refractivity contribution >= 4 is 34.0 Å². The zero-order chi connectivity index (χ0) is 20.9. The van der Waals surface area contributed by atoms with Gasteiger partial charge >= 0.3 is 6.18 Å². The number of hydrogen-bond acceptors (Lipinski definition) is 0. The van der Waals surface area contributed by atoms with Gasteiger partial charge in [-0.05, 0) is 42.3 Å². The zero-order valence-electron chi connectivity index (χ0n) is 16.1. The Morgan fingerprint density at radius 1 is 0.933 bits per heavy atom. The van der Waals surface area contributed by atoms with Gasteiger partial charge in [0, 0.05) is 34.3 Å². The quantitative estimate of drug-likeness (QED) is 0.458. The number of rotatable bonds is 2. The molecule has 1 aromatic heterocycles. The molecule has 0 radical (unpaired) electrons. The summed E-state index contributed by atoms with van der Waals surface area (Å²) in [5.41, 5.74) is 7.00. The van der Waals surface area contributed by atoms with Crippen molar-refractivity contribution in [1.29, 1.82) is 0 Å². The number of H-pyrrole nitrogens is 1. The average Bonchev–Trinajstić information content (AvgIpc) is 3.33. The number of hydrogen-bond donors (Lipinski definition) is 2. The lowest BCUT2D eigenvalue weighted by atomic mass is 9.89. The van der Waals surface area contributed by atoms with Gasteiger partial charge in [0.15, 0.2) is 6.21 Å². The highest BCUT2D eigenvalue weighted by molar-refractivity contribution is 6.24. The van der Waals surface area contributed by atoms with Crippen molar-refractivity contribution in [2.24, 2.45) is 0 Å². The predicted octanol–water partition coefficient (Wildman–Crippen LogP) is 5.25. The van der Waals surface area contributed by atoms with Crippen molar-refractivity contribution in [2.75, 3.05) is 0 Å². The minimum atomic E-state index is -4.36. The topological polar surface area (TPSA) is 29.8 Å². The molecule has 1 aliphatic heterocycles. The molecule has 5 rings (SSSR count). The third-order valence-corrected chi connectivity index (χ3v) is 5.47. The Hall–Kier alpha value is -3.60. The summed E-state index contributed by atoms with van der Waals surface area (Å²) in [5.74, 6) is 0. The van der Waals surface area contributed by atoms with Gasteiger partial charge in [-0.2, -0.15) is 13.2 Å². The van der Waals surface area contributed by atoms with Crippen LogP contribution < -0.4 is 4.99 Å². The maximum atomic E-state index is 13.1. The molecule has 30 heavy (non-hydrogen) atoms. The second-order valence-electron chi connectivity index (χ2n) is 7.45. The first-order valence-electron chi connectivity index (χ1n) is 9.61. The number of aromatic nitrogens is 1. The lowest BCUT2D eigenvalue weighted by Gasteiger charge is -2.12. The Balaban J connectivity index is 1.78. The highest BCUT2D eigenvalue weighted by atomic mass is 19.4. The summed E-state index contributed by atoms with van der Waals surface area (Å²) >= 11 is 0. The monoisotopic (exact) mass is 403 g/mol. The number of nitrogens with one attached hydrogen (secondary N) is 2. The van der Waals surface area contributed by atoms with Crippen LogP contribution in [0, 0.1) is 6.92 Å². The third kappa shape index (κ3) is 3.03. The Labute approximate surface area is 171 Å². The molecule has 0 amide bonds. The lowest BCUT2D eigenvalue weighted by molar-refractivity contribution is -0.342. The minimum absolute atomic E-state index is 0.654. The van der Waals surface area contributed by atoms with Crippen LogP contribution in [0.3, 0.4) is 0 Å². The van der Waals surface area contributed by atoms with E-state index in [-0.39, 0.29) is 0 Å². The molecule has 3 aromatic carbocycles. The third-order valence-electron chi connectivity index (χ3n) is 5.47. The summed E-state index contributed by atoms with van der Waals surface area (Å²) in [5, 5.41) is 1.03. The smallest absolute Gasteiger partial charge is 0.361 e. The largest absolute Gasteiger partial charge is 0.416 e. The molecule has 2 nitrogen and oxygen atoms in total. The second kappa shape index (κ2) is 6.73. The molecule has 148 valence electrons. The molecule has 0 aliphatic carbocycles. The fourth-order valence-corrected chi connectivity index (χ4v) is 4.01. The van der Waals surface area contributed by atoms with Crippen molar-refractivity contribution in [3.05, 3.63) is 101 Å². The number of allylic oxidation sites excluding steroid dienone is 1. The first-order valence-corrected chi connectivity index (χ1v) is 9.61. The molecule has 0 bridgehead atoms. The standard InChI is InChI=1S/C25H17F3N2/c1-15-6-11-19-21(14-30-23(19)12-15)24(16-7-9-17(10-8-16)25(26,27)28)20-13-29-22-5-3-2-4-18(20)22/h2-14,30H,1H3/p+1/b24-20+. The van der Waals surface area contributed by atoms with Gasteiger partial charge in [-0.15, -0.1) is 0 Å². The van der Waals surface area contributed by atoms with E-state index in [0.29, 0.717) is 0 Å². The molecule has 0 saturated carbocycles. The van der Waals surface area contributed by atoms with Crippen LogP contribution in [0.15, 0.2) is 72.9 Å². The van der Waals surface area contributed by atoms with Gasteiger partial charge in [0.05, 0.1) is 16.7 Å². The summed E-state index contributed by atoms with van der Waals surface area (Å²) in [6.07, 6.45) is -0.513. The van der Waals surface area contributed by atoms with Gasteiger partial charge in [0.25, 0.3) is 0 Å². The van der Waals surface area contributed by atoms with E-state index in [4.69, 9.17) is 0 Å². The Morgan fingerprint density at radius 3 is 2.47 bits per heavy atom. The van der Waals surface area contributed by atoms with Crippen molar-refractivity contribution < 1.29 is 18.2 Å². The summed E-state index contributed by atoms with van der Waals surface area (Å²) in [4.78, 5) is 6.60. The van der Waals surface area contributed by atoms with Gasteiger partial charge in [0.1, 0.15) is 0 Å². The van der Waals surface area contributed by atoms with E-state index in [1.807, 2.05) is 49.7 Å². The summed E-state index contributed by atoms with van der Waals surface area (Å²) in [6.45, 7) is 2.03. The van der Waals surface area contributed by atoms with Gasteiger partial charge in [-0.3, -0.25) is 0 Å². The zero-order valence-corrected chi connectivity index (χ0v) is 16.1. The SMILES string of the molecule is Cc1ccc2c(/C(=C3\C=[NH+]c4ccccc43)c3ccc(C(F)(F)F)cc3)c[nH]c2c1. The number of aromatic amines is 1. The van der Waals surface area contributed by atoms with Gasteiger partial charge in [-0.1, -0.05) is 36.4 Å². The van der Waals surface area contributed by atoms with Crippen LogP contribution in [-0.4, -0.2) is 11.2 Å². The van der Waals surface area contributed by atoms with Crippen LogP contribution in [0.1, 0.15) is 27.8 Å². The molecule has 1 aliphatic rings. The van der Waals surface area contributed by atoms with E-state index in [1.54, 1.807) is 12.1 Å². The molecule has 0 saturated heterocycles. The van der Waals surface area contributed by atoms with Crippen molar-refractivity contribution in [1.82, 2.24) is 4.98 Å². The molecule has 0 spiro atoms. The number of fused-ring (bicyclic) bond motifs is 2. The molecule has 2 N–H and O–H groups in total. The molecule has 5 heteroatoms. The van der Waals surface area contributed by atoms with E-state index in [2.05, 4.69) is 22.1 Å². The van der Waals surface area contributed by atoms with Gasteiger partial charge < -0.3 is 4.98 Å². The number of para-hydroxylation sites is 1. The van der Waals surface area contributed by atoms with Crippen molar-refractivity contribution in [3.8, 4) is 0 Å². The molecule has 4 aromatic rings. The number of halogens is 3. The fourth-order valence-electron chi connectivity index (χ4n) is 4.01. The Kier molecular flexibility index (Phi) is 4.13. The fraction of sp³-hybridized carbons (Fsp3) is 0.0800. The Morgan fingerprint density at radius 2 is 1.70 bits per heavy atom. The van der Waals surface area contributed by atoms with E-state index < -0.39 is 11.7 Å². The number of alkyl halides is 3. The maximum Gasteiger partial charge on any atom is 0.416 e. The van der Waals surface area contributed by atoms with Gasteiger partial charge in [0.2, 0.25) is 5.69 Å². The van der Waals surface area contributed by atoms with E-state index >= 15 is 0 Å².